The van der Waals surface area contributed by atoms with Gasteiger partial charge in [-0.05, 0) is 50.1 Å². The Hall–Kier alpha value is -1.55. The third kappa shape index (κ3) is 2.20. The molecule has 0 bridgehead atoms. The summed E-state index contributed by atoms with van der Waals surface area (Å²) in [4.78, 5) is 14.3. The summed E-state index contributed by atoms with van der Waals surface area (Å²) in [6, 6.07) is 6.71. The number of hydrogen-bond donors (Lipinski definition) is 2. The van der Waals surface area contributed by atoms with Gasteiger partial charge in [-0.1, -0.05) is 6.92 Å². The van der Waals surface area contributed by atoms with Crippen LogP contribution >= 0.6 is 0 Å². The van der Waals surface area contributed by atoms with Gasteiger partial charge in [0.15, 0.2) is 0 Å². The molecule has 2 rings (SSSR count). The maximum Gasteiger partial charge on any atom is 0.247 e. The lowest BCUT2D eigenvalue weighted by atomic mass is 9.92. The molecule has 0 spiro atoms. The molecule has 1 aliphatic heterocycles. The van der Waals surface area contributed by atoms with E-state index in [0.717, 1.165) is 31.5 Å². The van der Waals surface area contributed by atoms with Crippen LogP contribution in [0, 0.1) is 0 Å². The van der Waals surface area contributed by atoms with Crippen LogP contribution in [0.15, 0.2) is 24.3 Å². The van der Waals surface area contributed by atoms with Crippen LogP contribution in [-0.2, 0) is 4.79 Å². The van der Waals surface area contributed by atoms with E-state index in [-0.39, 0.29) is 11.7 Å². The Morgan fingerprint density at radius 2 is 2.11 bits per heavy atom. The highest BCUT2D eigenvalue weighted by Gasteiger charge is 2.41. The van der Waals surface area contributed by atoms with Gasteiger partial charge in [0.1, 0.15) is 5.75 Å². The minimum Gasteiger partial charge on any atom is -0.508 e. The highest BCUT2D eigenvalue weighted by atomic mass is 16.3. The van der Waals surface area contributed by atoms with E-state index in [0.29, 0.717) is 0 Å². The number of hydrogen-bond acceptors (Lipinski definition) is 3. The van der Waals surface area contributed by atoms with Crippen LogP contribution in [0.25, 0.3) is 0 Å². The van der Waals surface area contributed by atoms with Crippen molar-refractivity contribution in [2.24, 2.45) is 0 Å². The van der Waals surface area contributed by atoms with Gasteiger partial charge in [0, 0.05) is 12.7 Å². The van der Waals surface area contributed by atoms with E-state index in [2.05, 4.69) is 5.32 Å². The Balaban J connectivity index is 2.20. The molecule has 1 aromatic rings. The number of aromatic hydroxyl groups is 1. The molecule has 0 radical (unpaired) electrons. The lowest BCUT2D eigenvalue weighted by Gasteiger charge is -2.31. The minimum absolute atomic E-state index is 0.105. The van der Waals surface area contributed by atoms with Crippen LogP contribution in [0.4, 0.5) is 5.69 Å². The summed E-state index contributed by atoms with van der Waals surface area (Å²) >= 11 is 0. The molecule has 1 heterocycles. The van der Waals surface area contributed by atoms with Gasteiger partial charge in [0.25, 0.3) is 0 Å². The predicted molar refractivity (Wildman–Crippen MR) is 71.8 cm³/mol. The zero-order chi connectivity index (χ0) is 13.2. The molecule has 1 saturated heterocycles. The number of phenols is 1. The minimum atomic E-state index is -0.410. The van der Waals surface area contributed by atoms with Gasteiger partial charge in [0.05, 0.1) is 5.54 Å². The SMILES string of the molecule is CCC1(C(=O)N(C)c2ccc(O)cc2)CCCN1. The molecule has 0 aromatic heterocycles. The van der Waals surface area contributed by atoms with Gasteiger partial charge in [-0.2, -0.15) is 0 Å². The molecule has 2 N–H and O–H groups in total. The first-order valence-corrected chi connectivity index (χ1v) is 6.41. The number of carbonyl (C=O) groups excluding carboxylic acids is 1. The fraction of sp³-hybridized carbons (Fsp3) is 0.500. The number of nitrogens with one attached hydrogen (secondary N) is 1. The van der Waals surface area contributed by atoms with Gasteiger partial charge in [-0.3, -0.25) is 4.79 Å². The number of phenolic OH excluding ortho intramolecular Hbond substituents is 1. The molecule has 1 aromatic carbocycles. The maximum absolute atomic E-state index is 12.6. The number of rotatable bonds is 3. The standard InChI is InChI=1S/C14H20N2O2/c1-3-14(9-4-10-15-14)13(18)16(2)11-5-7-12(17)8-6-11/h5-8,15,17H,3-4,9-10H2,1-2H3. The molecule has 1 atom stereocenters. The maximum atomic E-state index is 12.6. The van der Waals surface area contributed by atoms with Crippen molar-refractivity contribution in [2.75, 3.05) is 18.5 Å². The van der Waals surface area contributed by atoms with Crippen LogP contribution in [-0.4, -0.2) is 30.1 Å². The normalized spacial score (nSPS) is 23.0. The molecule has 4 heteroatoms. The summed E-state index contributed by atoms with van der Waals surface area (Å²) in [6.45, 7) is 2.95. The molecule has 1 unspecified atom stereocenters. The third-order valence-corrected chi connectivity index (χ3v) is 3.80. The summed E-state index contributed by atoms with van der Waals surface area (Å²) in [5, 5.41) is 12.6. The third-order valence-electron chi connectivity index (χ3n) is 3.80. The molecular weight excluding hydrogens is 228 g/mol. The predicted octanol–water partition coefficient (Wildman–Crippen LogP) is 1.89. The lowest BCUT2D eigenvalue weighted by Crippen LogP contribution is -2.53. The number of amides is 1. The highest BCUT2D eigenvalue weighted by molar-refractivity contribution is 6.00. The smallest absolute Gasteiger partial charge is 0.247 e. The average Bonchev–Trinajstić information content (AvgIpc) is 2.88. The first-order valence-electron chi connectivity index (χ1n) is 6.41. The van der Waals surface area contributed by atoms with E-state index >= 15 is 0 Å². The second kappa shape index (κ2) is 4.98. The van der Waals surface area contributed by atoms with Gasteiger partial charge in [-0.25, -0.2) is 0 Å². The van der Waals surface area contributed by atoms with Crippen molar-refractivity contribution < 1.29 is 9.90 Å². The van der Waals surface area contributed by atoms with Crippen LogP contribution in [0.2, 0.25) is 0 Å². The largest absolute Gasteiger partial charge is 0.508 e. The second-order valence-electron chi connectivity index (χ2n) is 4.85. The van der Waals surface area contributed by atoms with Crippen LogP contribution in [0.3, 0.4) is 0 Å². The van der Waals surface area contributed by atoms with Crippen molar-refractivity contribution >= 4 is 11.6 Å². The first kappa shape index (κ1) is 12.9. The van der Waals surface area contributed by atoms with Gasteiger partial charge < -0.3 is 15.3 Å². The van der Waals surface area contributed by atoms with Crippen LogP contribution < -0.4 is 10.2 Å². The van der Waals surface area contributed by atoms with Crippen molar-refractivity contribution in [1.29, 1.82) is 0 Å². The molecular formula is C14H20N2O2. The Bertz CT molecular complexity index is 422. The number of benzene rings is 1. The van der Waals surface area contributed by atoms with Gasteiger partial charge >= 0.3 is 0 Å². The molecule has 1 amide bonds. The van der Waals surface area contributed by atoms with Crippen molar-refractivity contribution in [3.05, 3.63) is 24.3 Å². The van der Waals surface area contributed by atoms with Crippen molar-refractivity contribution in [3.8, 4) is 5.75 Å². The first-order chi connectivity index (χ1) is 8.59. The lowest BCUT2D eigenvalue weighted by molar-refractivity contribution is -0.124. The Kier molecular flexibility index (Phi) is 3.57. The summed E-state index contributed by atoms with van der Waals surface area (Å²) in [5.41, 5.74) is 0.395. The molecule has 0 aliphatic carbocycles. The fourth-order valence-electron chi connectivity index (χ4n) is 2.56. The molecule has 98 valence electrons. The number of carbonyl (C=O) groups is 1. The second-order valence-corrected chi connectivity index (χ2v) is 4.85. The quantitative estimate of drug-likeness (QED) is 0.859. The molecule has 1 fully saturated rings. The number of likely N-dealkylation sites (N-methyl/N-ethyl adjacent to an activating group) is 1. The zero-order valence-corrected chi connectivity index (χ0v) is 10.9. The van der Waals surface area contributed by atoms with E-state index in [9.17, 15) is 9.90 Å². The Labute approximate surface area is 108 Å². The van der Waals surface area contributed by atoms with Crippen molar-refractivity contribution in [3.63, 3.8) is 0 Å². The van der Waals surface area contributed by atoms with Gasteiger partial charge in [-0.15, -0.1) is 0 Å². The molecule has 18 heavy (non-hydrogen) atoms. The fourth-order valence-corrected chi connectivity index (χ4v) is 2.56. The van der Waals surface area contributed by atoms with E-state index in [1.807, 2.05) is 6.92 Å². The van der Waals surface area contributed by atoms with Crippen molar-refractivity contribution in [1.82, 2.24) is 5.32 Å². The van der Waals surface area contributed by atoms with E-state index in [1.54, 1.807) is 36.2 Å². The summed E-state index contributed by atoms with van der Waals surface area (Å²) in [7, 11) is 1.78. The Morgan fingerprint density at radius 1 is 1.44 bits per heavy atom. The van der Waals surface area contributed by atoms with E-state index < -0.39 is 5.54 Å². The Morgan fingerprint density at radius 3 is 2.61 bits per heavy atom. The highest BCUT2D eigenvalue weighted by Crippen LogP contribution is 2.27. The van der Waals surface area contributed by atoms with Gasteiger partial charge in [0.2, 0.25) is 5.91 Å². The summed E-state index contributed by atoms with van der Waals surface area (Å²) < 4.78 is 0. The van der Waals surface area contributed by atoms with E-state index in [4.69, 9.17) is 0 Å². The number of nitrogens with zero attached hydrogens (tertiary/aromatic N) is 1. The topological polar surface area (TPSA) is 52.6 Å². The van der Waals surface area contributed by atoms with Crippen LogP contribution in [0.5, 0.6) is 5.75 Å². The molecule has 0 saturated carbocycles. The molecule has 4 nitrogen and oxygen atoms in total. The summed E-state index contributed by atoms with van der Waals surface area (Å²) in [5.74, 6) is 0.317. The van der Waals surface area contributed by atoms with E-state index in [1.165, 1.54) is 0 Å². The van der Waals surface area contributed by atoms with Crippen molar-refractivity contribution in [2.45, 2.75) is 31.7 Å². The number of anilines is 1. The monoisotopic (exact) mass is 248 g/mol. The zero-order valence-electron chi connectivity index (χ0n) is 10.9. The average molecular weight is 248 g/mol. The van der Waals surface area contributed by atoms with Crippen LogP contribution in [0.1, 0.15) is 26.2 Å². The summed E-state index contributed by atoms with van der Waals surface area (Å²) in [6.07, 6.45) is 2.74. The molecule has 1 aliphatic rings.